The predicted molar refractivity (Wildman–Crippen MR) is 85.0 cm³/mol. The molecule has 2 N–H and O–H groups in total. The number of amides is 1. The van der Waals surface area contributed by atoms with E-state index in [2.05, 4.69) is 5.32 Å². The van der Waals surface area contributed by atoms with Gasteiger partial charge in [-0.05, 0) is 41.5 Å². The maximum absolute atomic E-state index is 12.0. The maximum Gasteiger partial charge on any atom is 0.262 e. The summed E-state index contributed by atoms with van der Waals surface area (Å²) in [5.41, 5.74) is 1.55. The van der Waals surface area contributed by atoms with Gasteiger partial charge in [0.2, 0.25) is 0 Å². The van der Waals surface area contributed by atoms with Crippen LogP contribution in [0.3, 0.4) is 0 Å². The van der Waals surface area contributed by atoms with E-state index in [4.69, 9.17) is 16.9 Å². The Kier molecular flexibility index (Phi) is 5.18. The van der Waals surface area contributed by atoms with Gasteiger partial charge in [0.25, 0.3) is 5.91 Å². The van der Waals surface area contributed by atoms with Crippen molar-refractivity contribution >= 4 is 23.6 Å². The van der Waals surface area contributed by atoms with Gasteiger partial charge in [-0.1, -0.05) is 35.9 Å². The van der Waals surface area contributed by atoms with E-state index >= 15 is 0 Å². The highest BCUT2D eigenvalue weighted by molar-refractivity contribution is 6.30. The van der Waals surface area contributed by atoms with Crippen LogP contribution in [0.1, 0.15) is 11.1 Å². The fraction of sp³-hybridized carbons (Fsp3) is 0.0588. The summed E-state index contributed by atoms with van der Waals surface area (Å²) in [7, 11) is 0. The second-order valence-electron chi connectivity index (χ2n) is 4.57. The summed E-state index contributed by atoms with van der Waals surface area (Å²) < 4.78 is 0. The van der Waals surface area contributed by atoms with E-state index < -0.39 is 5.91 Å². The molecular weight excluding hydrogens is 300 g/mol. The number of carbonyl (C=O) groups excluding carboxylic acids is 1. The molecule has 1 amide bonds. The van der Waals surface area contributed by atoms with Gasteiger partial charge in [-0.3, -0.25) is 4.79 Å². The van der Waals surface area contributed by atoms with Gasteiger partial charge in [0.15, 0.2) is 0 Å². The first-order valence-corrected chi connectivity index (χ1v) is 6.90. The average molecular weight is 313 g/mol. The number of nitriles is 1. The van der Waals surface area contributed by atoms with Crippen LogP contribution in [0.15, 0.2) is 54.1 Å². The molecule has 0 aromatic heterocycles. The van der Waals surface area contributed by atoms with E-state index in [1.807, 2.05) is 6.07 Å². The minimum absolute atomic E-state index is 0.000321. The topological polar surface area (TPSA) is 73.1 Å². The molecule has 22 heavy (non-hydrogen) atoms. The van der Waals surface area contributed by atoms with Gasteiger partial charge in [-0.2, -0.15) is 5.26 Å². The van der Waals surface area contributed by atoms with E-state index in [-0.39, 0.29) is 11.3 Å². The van der Waals surface area contributed by atoms with Crippen LogP contribution in [0, 0.1) is 11.3 Å². The highest BCUT2D eigenvalue weighted by Crippen LogP contribution is 2.13. The van der Waals surface area contributed by atoms with E-state index in [0.717, 1.165) is 5.56 Å². The number of rotatable bonds is 4. The minimum Gasteiger partial charge on any atom is -0.508 e. The number of carbonyl (C=O) groups is 1. The number of nitrogens with one attached hydrogen (secondary N) is 1. The third-order valence-electron chi connectivity index (χ3n) is 2.94. The molecular formula is C17H13ClN2O2. The standard InChI is InChI=1S/C17H13ClN2O2/c18-15-5-1-13(2-6-15)11-20-17(22)14(10-19)9-12-3-7-16(21)8-4-12/h1-9,21H,11H2,(H,20,22)/b14-9+. The van der Waals surface area contributed by atoms with Gasteiger partial charge in [-0.25, -0.2) is 0 Å². The quantitative estimate of drug-likeness (QED) is 0.672. The molecule has 4 nitrogen and oxygen atoms in total. The predicted octanol–water partition coefficient (Wildman–Crippen LogP) is 3.27. The van der Waals surface area contributed by atoms with E-state index in [1.54, 1.807) is 36.4 Å². The number of hydrogen-bond acceptors (Lipinski definition) is 3. The maximum atomic E-state index is 12.0. The van der Waals surface area contributed by atoms with Crippen LogP contribution >= 0.6 is 11.6 Å². The van der Waals surface area contributed by atoms with Crippen LogP contribution in [0.4, 0.5) is 0 Å². The molecule has 110 valence electrons. The highest BCUT2D eigenvalue weighted by Gasteiger charge is 2.08. The molecule has 0 unspecified atom stereocenters. The number of benzene rings is 2. The summed E-state index contributed by atoms with van der Waals surface area (Å²) >= 11 is 5.79. The monoisotopic (exact) mass is 312 g/mol. The molecule has 0 aliphatic rings. The van der Waals surface area contributed by atoms with Crippen molar-refractivity contribution in [2.45, 2.75) is 6.54 Å². The van der Waals surface area contributed by atoms with Crippen LogP contribution in [-0.2, 0) is 11.3 Å². The fourth-order valence-corrected chi connectivity index (χ4v) is 1.89. The lowest BCUT2D eigenvalue weighted by Crippen LogP contribution is -2.23. The number of phenols is 1. The lowest BCUT2D eigenvalue weighted by molar-refractivity contribution is -0.117. The number of nitrogens with zero attached hydrogens (tertiary/aromatic N) is 1. The molecule has 0 radical (unpaired) electrons. The fourth-order valence-electron chi connectivity index (χ4n) is 1.77. The Morgan fingerprint density at radius 2 is 1.82 bits per heavy atom. The number of phenolic OH excluding ortho intramolecular Hbond substituents is 1. The second kappa shape index (κ2) is 7.30. The van der Waals surface area contributed by atoms with Gasteiger partial charge < -0.3 is 10.4 Å². The molecule has 0 atom stereocenters. The Labute approximate surface area is 133 Å². The molecule has 2 rings (SSSR count). The highest BCUT2D eigenvalue weighted by atomic mass is 35.5. The molecule has 0 aliphatic carbocycles. The molecule has 0 saturated heterocycles. The van der Waals surface area contributed by atoms with Crippen molar-refractivity contribution in [2.75, 3.05) is 0 Å². The molecule has 0 saturated carbocycles. The zero-order chi connectivity index (χ0) is 15.9. The smallest absolute Gasteiger partial charge is 0.262 e. The largest absolute Gasteiger partial charge is 0.508 e. The van der Waals surface area contributed by atoms with Gasteiger partial charge in [-0.15, -0.1) is 0 Å². The summed E-state index contributed by atoms with van der Waals surface area (Å²) in [5, 5.41) is 21.6. The molecule has 0 heterocycles. The van der Waals surface area contributed by atoms with Crippen LogP contribution in [0.5, 0.6) is 5.75 Å². The van der Waals surface area contributed by atoms with Crippen molar-refractivity contribution < 1.29 is 9.90 Å². The summed E-state index contributed by atoms with van der Waals surface area (Å²) in [6.45, 7) is 0.310. The Morgan fingerprint density at radius 3 is 2.41 bits per heavy atom. The van der Waals surface area contributed by atoms with Crippen molar-refractivity contribution in [3.63, 3.8) is 0 Å². The number of hydrogen-bond donors (Lipinski definition) is 2. The minimum atomic E-state index is -0.453. The number of halogens is 1. The average Bonchev–Trinajstić information content (AvgIpc) is 2.53. The third kappa shape index (κ3) is 4.37. The molecule has 2 aromatic carbocycles. The molecule has 5 heteroatoms. The second-order valence-corrected chi connectivity index (χ2v) is 5.01. The zero-order valence-corrected chi connectivity index (χ0v) is 12.3. The van der Waals surface area contributed by atoms with Gasteiger partial charge >= 0.3 is 0 Å². The van der Waals surface area contributed by atoms with Gasteiger partial charge in [0.05, 0.1) is 0 Å². The van der Waals surface area contributed by atoms with Crippen LogP contribution < -0.4 is 5.32 Å². The van der Waals surface area contributed by atoms with Crippen molar-refractivity contribution in [3.05, 3.63) is 70.3 Å². The first-order chi connectivity index (χ1) is 10.6. The summed E-state index contributed by atoms with van der Waals surface area (Å²) in [4.78, 5) is 12.0. The molecule has 2 aromatic rings. The first-order valence-electron chi connectivity index (χ1n) is 6.52. The Bertz CT molecular complexity index is 729. The van der Waals surface area contributed by atoms with Crippen molar-refractivity contribution in [1.29, 1.82) is 5.26 Å². The SMILES string of the molecule is N#C/C(=C\c1ccc(O)cc1)C(=O)NCc1ccc(Cl)cc1. The summed E-state index contributed by atoms with van der Waals surface area (Å²) in [6.07, 6.45) is 1.47. The molecule has 0 spiro atoms. The molecule has 0 bridgehead atoms. The lowest BCUT2D eigenvalue weighted by Gasteiger charge is -2.05. The zero-order valence-electron chi connectivity index (χ0n) is 11.6. The molecule has 0 fully saturated rings. The molecule has 0 aliphatic heterocycles. The Hall–Kier alpha value is -2.77. The van der Waals surface area contributed by atoms with Gasteiger partial charge in [0.1, 0.15) is 17.4 Å². The Balaban J connectivity index is 2.04. The van der Waals surface area contributed by atoms with Crippen LogP contribution in [0.2, 0.25) is 5.02 Å². The van der Waals surface area contributed by atoms with Crippen molar-refractivity contribution in [3.8, 4) is 11.8 Å². The van der Waals surface area contributed by atoms with Crippen molar-refractivity contribution in [2.24, 2.45) is 0 Å². The summed E-state index contributed by atoms with van der Waals surface area (Å²) in [6, 6.07) is 15.2. The number of aromatic hydroxyl groups is 1. The normalized spacial score (nSPS) is 10.8. The lowest BCUT2D eigenvalue weighted by atomic mass is 10.1. The van der Waals surface area contributed by atoms with E-state index in [1.165, 1.54) is 18.2 Å². The van der Waals surface area contributed by atoms with E-state index in [9.17, 15) is 9.90 Å². The van der Waals surface area contributed by atoms with Gasteiger partial charge in [0, 0.05) is 11.6 Å². The van der Waals surface area contributed by atoms with Crippen LogP contribution in [0.25, 0.3) is 6.08 Å². The van der Waals surface area contributed by atoms with Crippen molar-refractivity contribution in [1.82, 2.24) is 5.32 Å². The van der Waals surface area contributed by atoms with Crippen LogP contribution in [-0.4, -0.2) is 11.0 Å². The first kappa shape index (κ1) is 15.6. The Morgan fingerprint density at radius 1 is 1.18 bits per heavy atom. The van der Waals surface area contributed by atoms with E-state index in [0.29, 0.717) is 17.1 Å². The third-order valence-corrected chi connectivity index (χ3v) is 3.19. The summed E-state index contributed by atoms with van der Waals surface area (Å²) in [5.74, 6) is -0.326.